The molecule has 0 amide bonds. The number of nitrogens with one attached hydrogen (secondary N) is 1. The first kappa shape index (κ1) is 16.3. The van der Waals surface area contributed by atoms with Crippen molar-refractivity contribution in [2.45, 2.75) is 32.7 Å². The van der Waals surface area contributed by atoms with Crippen LogP contribution in [-0.2, 0) is 32.7 Å². The Balaban J connectivity index is 1.61. The first-order valence-electron chi connectivity index (χ1n) is 9.23. The van der Waals surface area contributed by atoms with Crippen LogP contribution in [0.4, 0.5) is 0 Å². The van der Waals surface area contributed by atoms with E-state index in [1.807, 2.05) is 0 Å². The van der Waals surface area contributed by atoms with Gasteiger partial charge in [-0.05, 0) is 0 Å². The van der Waals surface area contributed by atoms with Gasteiger partial charge in [-0.25, -0.2) is 0 Å². The Morgan fingerprint density at radius 3 is 1.88 bits per heavy atom. The van der Waals surface area contributed by atoms with Crippen LogP contribution in [0.3, 0.4) is 0 Å². The van der Waals surface area contributed by atoms with Crippen molar-refractivity contribution in [1.82, 2.24) is 10.2 Å². The fourth-order valence-electron chi connectivity index (χ4n) is 3.99. The van der Waals surface area contributed by atoms with Crippen LogP contribution in [0.5, 0.6) is 0 Å². The van der Waals surface area contributed by atoms with Gasteiger partial charge in [0.2, 0.25) is 0 Å². The summed E-state index contributed by atoms with van der Waals surface area (Å²) in [4.78, 5) is 2.60. The van der Waals surface area contributed by atoms with Gasteiger partial charge in [0.05, 0.1) is 0 Å². The number of hydrogen-bond acceptors (Lipinski definition) is 2. The topological polar surface area (TPSA) is 15.3 Å². The molecule has 130 valence electrons. The molecule has 0 unspecified atom stereocenters. The van der Waals surface area contributed by atoms with E-state index in [2.05, 4.69) is 76.9 Å². The zero-order valence-electron chi connectivity index (χ0n) is 14.7. The van der Waals surface area contributed by atoms with Crippen molar-refractivity contribution in [3.63, 3.8) is 0 Å². The van der Waals surface area contributed by atoms with E-state index in [4.69, 9.17) is 0 Å². The Hall–Kier alpha value is -1.90. The third-order valence-electron chi connectivity index (χ3n) is 5.23. The number of nitrogens with zero attached hydrogens (tertiary/aromatic N) is 1. The molecule has 0 aliphatic carbocycles. The summed E-state index contributed by atoms with van der Waals surface area (Å²) in [6.45, 7) is 5.02. The Bertz CT molecular complexity index is 881. The second kappa shape index (κ2) is 7.02. The second-order valence-corrected chi connectivity index (χ2v) is 9.29. The van der Waals surface area contributed by atoms with Crippen molar-refractivity contribution in [2.75, 3.05) is 0 Å². The van der Waals surface area contributed by atoms with Crippen molar-refractivity contribution >= 4 is 23.9 Å². The van der Waals surface area contributed by atoms with E-state index in [0.717, 1.165) is 32.7 Å². The third-order valence-corrected chi connectivity index (χ3v) is 8.29. The summed E-state index contributed by atoms with van der Waals surface area (Å²) in [6.07, 6.45) is 0. The molecule has 5 rings (SSSR count). The molecule has 0 saturated carbocycles. The first-order valence-corrected chi connectivity index (χ1v) is 10.9. The number of benzene rings is 3. The molecule has 0 radical (unpaired) electrons. The fraction of sp³-hybridized carbons (Fsp3) is 0.217. The van der Waals surface area contributed by atoms with Crippen LogP contribution in [0.15, 0.2) is 66.7 Å². The molecule has 2 aliphatic heterocycles. The van der Waals surface area contributed by atoms with Crippen LogP contribution in [0, 0.1) is 0 Å². The van der Waals surface area contributed by atoms with E-state index in [9.17, 15) is 0 Å². The summed E-state index contributed by atoms with van der Waals surface area (Å²) in [5.74, 6) is 0. The van der Waals surface area contributed by atoms with Gasteiger partial charge in [0.15, 0.2) is 0 Å². The Labute approximate surface area is 161 Å². The molecule has 0 fully saturated rings. The molecule has 2 bridgehead atoms. The molecule has 26 heavy (non-hydrogen) atoms. The van der Waals surface area contributed by atoms with Gasteiger partial charge in [0, 0.05) is 0 Å². The second-order valence-electron chi connectivity index (χ2n) is 7.15. The molecule has 0 atom stereocenters. The van der Waals surface area contributed by atoms with Crippen LogP contribution in [-0.4, -0.2) is 19.9 Å². The van der Waals surface area contributed by atoms with Crippen molar-refractivity contribution in [1.29, 1.82) is 0 Å². The summed E-state index contributed by atoms with van der Waals surface area (Å²) < 4.78 is 3.19. The third kappa shape index (κ3) is 3.13. The molecule has 0 saturated heterocycles. The molecule has 0 spiro atoms. The van der Waals surface area contributed by atoms with Gasteiger partial charge in [-0.1, -0.05) is 0 Å². The molecule has 1 N–H and O–H groups in total. The van der Waals surface area contributed by atoms with Gasteiger partial charge in [-0.15, -0.1) is 0 Å². The Morgan fingerprint density at radius 2 is 1.27 bits per heavy atom. The van der Waals surface area contributed by atoms with Crippen LogP contribution < -0.4 is 14.2 Å². The molecular weight excluding hydrogens is 383 g/mol. The first-order chi connectivity index (χ1) is 12.9. The number of rotatable bonds is 2. The number of hydrogen-bond donors (Lipinski definition) is 1. The van der Waals surface area contributed by atoms with Crippen molar-refractivity contribution in [2.24, 2.45) is 0 Å². The van der Waals surface area contributed by atoms with Gasteiger partial charge < -0.3 is 0 Å². The summed E-state index contributed by atoms with van der Waals surface area (Å²) >= 11 is 0.402. The Morgan fingerprint density at radius 1 is 0.692 bits per heavy atom. The summed E-state index contributed by atoms with van der Waals surface area (Å²) in [6, 6.07) is 24.6. The van der Waals surface area contributed by atoms with Gasteiger partial charge in [0.1, 0.15) is 0 Å². The van der Waals surface area contributed by atoms with Crippen molar-refractivity contribution in [3.8, 4) is 0 Å². The molecule has 3 aromatic rings. The average molecular weight is 405 g/mol. The van der Waals surface area contributed by atoms with Crippen LogP contribution in [0.25, 0.3) is 0 Å². The maximum absolute atomic E-state index is 3.65. The minimum absolute atomic E-state index is 0.402. The van der Waals surface area contributed by atoms with E-state index in [-0.39, 0.29) is 0 Å². The monoisotopic (exact) mass is 406 g/mol. The predicted molar refractivity (Wildman–Crippen MR) is 108 cm³/mol. The van der Waals surface area contributed by atoms with E-state index in [0.29, 0.717) is 15.0 Å². The quantitative estimate of drug-likeness (QED) is 0.659. The molecule has 3 aromatic carbocycles. The normalized spacial score (nSPS) is 16.3. The predicted octanol–water partition coefficient (Wildman–Crippen LogP) is 2.46. The molecular formula is C23H22N2Se. The van der Waals surface area contributed by atoms with Gasteiger partial charge in [0.25, 0.3) is 0 Å². The van der Waals surface area contributed by atoms with Crippen LogP contribution >= 0.6 is 0 Å². The molecule has 2 nitrogen and oxygen atoms in total. The van der Waals surface area contributed by atoms with Gasteiger partial charge in [-0.3, -0.25) is 0 Å². The van der Waals surface area contributed by atoms with E-state index in [1.165, 1.54) is 27.8 Å². The molecule has 2 aliphatic rings. The van der Waals surface area contributed by atoms with Crippen LogP contribution in [0.2, 0.25) is 0 Å². The molecule has 2 heterocycles. The van der Waals surface area contributed by atoms with Crippen LogP contribution in [0.1, 0.15) is 27.8 Å². The molecule has 3 heteroatoms. The zero-order chi connectivity index (χ0) is 17.3. The van der Waals surface area contributed by atoms with E-state index >= 15 is 0 Å². The van der Waals surface area contributed by atoms with Gasteiger partial charge >= 0.3 is 161 Å². The van der Waals surface area contributed by atoms with E-state index < -0.39 is 0 Å². The van der Waals surface area contributed by atoms with E-state index in [1.54, 1.807) is 8.92 Å². The Kier molecular flexibility index (Phi) is 4.39. The zero-order valence-corrected chi connectivity index (χ0v) is 16.5. The maximum atomic E-state index is 3.65. The fourth-order valence-corrected chi connectivity index (χ4v) is 6.66. The summed E-state index contributed by atoms with van der Waals surface area (Å²) in [5, 5.41) is 3.65. The van der Waals surface area contributed by atoms with Crippen molar-refractivity contribution < 1.29 is 0 Å². The SMILES string of the molecule is c1ccc(CN2Cc3cccc4c3[Se]c3c(cccc3C2)CNC4)cc1. The standard InChI is InChI=1S/C23H22N2Se/c1-2-6-17(7-3-1)14-25-15-20-10-4-8-18-12-24-13-19-9-5-11-21(16-25)23(19)26-22(18)20/h1-11,24H,12-16H2. The summed E-state index contributed by atoms with van der Waals surface area (Å²) in [5.41, 5.74) is 7.40. The molecule has 0 aromatic heterocycles. The average Bonchev–Trinajstić information content (AvgIpc) is 2.62. The van der Waals surface area contributed by atoms with Gasteiger partial charge in [-0.2, -0.15) is 0 Å². The van der Waals surface area contributed by atoms with Crippen molar-refractivity contribution in [3.05, 3.63) is 94.5 Å². The minimum atomic E-state index is 0.402. The summed E-state index contributed by atoms with van der Waals surface area (Å²) in [7, 11) is 0.